The molecule has 15 heteroatoms. The minimum absolute atomic E-state index is 0.0758. The maximum Gasteiger partial charge on any atom is 0.287 e. The van der Waals surface area contributed by atoms with Crippen molar-refractivity contribution in [1.29, 1.82) is 0 Å². The van der Waals surface area contributed by atoms with E-state index in [9.17, 15) is 35.2 Å². The molecule has 38 heavy (non-hydrogen) atoms. The van der Waals surface area contributed by atoms with Crippen LogP contribution in [0, 0.1) is 23.5 Å². The first-order valence-corrected chi connectivity index (χ1v) is 16.0. The fourth-order valence-electron chi connectivity index (χ4n) is 5.28. The highest BCUT2D eigenvalue weighted by Gasteiger charge is 2.51. The zero-order valence-corrected chi connectivity index (χ0v) is 22.6. The number of amides is 1. The molecule has 2 fully saturated rings. The van der Waals surface area contributed by atoms with Crippen molar-refractivity contribution in [3.05, 3.63) is 46.3 Å². The van der Waals surface area contributed by atoms with Gasteiger partial charge in [0.1, 0.15) is 27.4 Å². The summed E-state index contributed by atoms with van der Waals surface area (Å²) in [6.07, 6.45) is 3.47. The number of thiophene rings is 1. The number of hydrogen-bond acceptors (Lipinski definition) is 8. The van der Waals surface area contributed by atoms with Crippen LogP contribution in [0.2, 0.25) is 0 Å². The van der Waals surface area contributed by atoms with E-state index in [-0.39, 0.29) is 39.9 Å². The van der Waals surface area contributed by atoms with Gasteiger partial charge in [-0.15, -0.1) is 15.7 Å². The number of rotatable bonds is 6. The Balaban J connectivity index is 1.50. The third-order valence-electron chi connectivity index (χ3n) is 7.00. The van der Waals surface area contributed by atoms with Gasteiger partial charge in [-0.2, -0.15) is 8.42 Å². The number of anilines is 1. The highest BCUT2D eigenvalue weighted by atomic mass is 32.2. The van der Waals surface area contributed by atoms with Crippen LogP contribution >= 0.6 is 11.3 Å². The normalized spacial score (nSPS) is 24.9. The number of amidine groups is 1. The van der Waals surface area contributed by atoms with Gasteiger partial charge in [0.25, 0.3) is 10.0 Å². The molecule has 1 saturated carbocycles. The van der Waals surface area contributed by atoms with Crippen molar-refractivity contribution in [2.45, 2.75) is 49.7 Å². The monoisotopic (exact) mass is 586 g/mol. The smallest absolute Gasteiger partial charge is 0.287 e. The Labute approximate surface area is 222 Å². The van der Waals surface area contributed by atoms with E-state index < -0.39 is 61.2 Å². The quantitative estimate of drug-likeness (QED) is 0.495. The molecule has 3 atom stereocenters. The van der Waals surface area contributed by atoms with Crippen molar-refractivity contribution in [2.24, 2.45) is 16.2 Å². The first kappa shape index (κ1) is 26.8. The van der Waals surface area contributed by atoms with E-state index in [1.165, 1.54) is 16.3 Å². The fourth-order valence-corrected chi connectivity index (χ4v) is 8.35. The minimum atomic E-state index is -4.38. The van der Waals surface area contributed by atoms with Crippen molar-refractivity contribution >= 4 is 53.9 Å². The molecule has 1 aliphatic carbocycles. The molecule has 1 aromatic carbocycles. The van der Waals surface area contributed by atoms with Gasteiger partial charge >= 0.3 is 0 Å². The highest BCUT2D eigenvalue weighted by Crippen LogP contribution is 2.41. The second-order valence-corrected chi connectivity index (χ2v) is 13.8. The number of halogens is 2. The highest BCUT2D eigenvalue weighted by molar-refractivity contribution is 7.91. The molecule has 3 aliphatic rings. The standard InChI is InChI=1S/C23H24F2N4O6S3/c1-37(32,33)26-9-13-11-36-22-20(13)38(34,35)28-21(27-22)18-19(30)15-4-2-3-5-17(15)29(23(18)31)10-12-6-7-14(24)8-16(12)25/h6-8,11,15,17-18,26H,2-5,9-10H2,1H3,(H,27,28). The lowest BCUT2D eigenvalue weighted by Gasteiger charge is -2.46. The van der Waals surface area contributed by atoms with Gasteiger partial charge in [-0.05, 0) is 24.3 Å². The van der Waals surface area contributed by atoms with Crippen LogP contribution in [0.1, 0.15) is 36.8 Å². The Hall–Kier alpha value is -2.75. The van der Waals surface area contributed by atoms with Crippen LogP contribution in [0.5, 0.6) is 0 Å². The summed E-state index contributed by atoms with van der Waals surface area (Å²) in [5, 5.41) is 4.39. The number of ketones is 1. The maximum atomic E-state index is 14.5. The molecule has 0 bridgehead atoms. The van der Waals surface area contributed by atoms with Crippen LogP contribution < -0.4 is 10.0 Å². The van der Waals surface area contributed by atoms with Gasteiger partial charge in [0.05, 0.1) is 6.26 Å². The van der Waals surface area contributed by atoms with E-state index in [4.69, 9.17) is 0 Å². The number of Topliss-reactive ketones (excluding diaryl/α,β-unsaturated/α-hetero) is 1. The van der Waals surface area contributed by atoms with E-state index in [2.05, 4.69) is 14.4 Å². The molecular weight excluding hydrogens is 562 g/mol. The number of carbonyl (C=O) groups excluding carboxylic acids is 2. The fraction of sp³-hybridized carbons (Fsp3) is 0.435. The van der Waals surface area contributed by atoms with E-state index in [0.717, 1.165) is 42.6 Å². The Morgan fingerprint density at radius 1 is 1.18 bits per heavy atom. The number of fused-ring (bicyclic) bond motifs is 2. The van der Waals surface area contributed by atoms with E-state index in [1.54, 1.807) is 0 Å². The Kier molecular flexibility index (Phi) is 6.90. The van der Waals surface area contributed by atoms with Gasteiger partial charge < -0.3 is 10.2 Å². The van der Waals surface area contributed by atoms with Gasteiger partial charge in [-0.1, -0.05) is 18.9 Å². The molecule has 1 amide bonds. The lowest BCUT2D eigenvalue weighted by molar-refractivity contribution is -0.152. The SMILES string of the molecule is CS(=O)(=O)NCc1csc2c1S(=O)(=O)N=C(C1C(=O)C3CCCCC3N(Cc3ccc(F)cc3F)C1=O)N2. The number of carbonyl (C=O) groups is 2. The third kappa shape index (κ3) is 4.99. The number of hydrogen-bond donors (Lipinski definition) is 2. The third-order valence-corrected chi connectivity index (χ3v) is 10.2. The second-order valence-electron chi connectivity index (χ2n) is 9.58. The first-order chi connectivity index (χ1) is 17.9. The summed E-state index contributed by atoms with van der Waals surface area (Å²) < 4.78 is 83.2. The Morgan fingerprint density at radius 3 is 2.63 bits per heavy atom. The van der Waals surface area contributed by atoms with Crippen LogP contribution in [0.3, 0.4) is 0 Å². The van der Waals surface area contributed by atoms with Gasteiger partial charge in [0.15, 0.2) is 11.7 Å². The topological polar surface area (TPSA) is 142 Å². The zero-order chi connectivity index (χ0) is 27.4. The average Bonchev–Trinajstić information content (AvgIpc) is 3.25. The summed E-state index contributed by atoms with van der Waals surface area (Å²) >= 11 is 0.977. The number of nitrogens with one attached hydrogen (secondary N) is 2. The molecule has 5 rings (SSSR count). The van der Waals surface area contributed by atoms with Gasteiger partial charge in [-0.25, -0.2) is 21.9 Å². The Morgan fingerprint density at radius 2 is 1.92 bits per heavy atom. The summed E-state index contributed by atoms with van der Waals surface area (Å²) in [7, 11) is -7.98. The van der Waals surface area contributed by atoms with E-state index in [1.807, 2.05) is 0 Å². The number of nitrogens with zero attached hydrogens (tertiary/aromatic N) is 2. The molecular formula is C23H24F2N4O6S3. The maximum absolute atomic E-state index is 14.5. The molecule has 1 saturated heterocycles. The number of benzene rings is 1. The van der Waals surface area contributed by atoms with Crippen molar-refractivity contribution in [2.75, 3.05) is 11.6 Å². The van der Waals surface area contributed by atoms with Crippen molar-refractivity contribution in [3.8, 4) is 0 Å². The molecule has 2 N–H and O–H groups in total. The first-order valence-electron chi connectivity index (χ1n) is 11.8. The van der Waals surface area contributed by atoms with Crippen molar-refractivity contribution in [1.82, 2.24) is 9.62 Å². The number of piperidine rings is 1. The lowest BCUT2D eigenvalue weighted by Crippen LogP contribution is -2.60. The molecule has 2 aromatic rings. The van der Waals surface area contributed by atoms with E-state index >= 15 is 0 Å². The molecule has 2 aliphatic heterocycles. The van der Waals surface area contributed by atoms with Gasteiger partial charge in [0, 0.05) is 42.2 Å². The van der Waals surface area contributed by atoms with Crippen LogP contribution in [0.25, 0.3) is 0 Å². The lowest BCUT2D eigenvalue weighted by atomic mass is 9.73. The Bertz CT molecular complexity index is 1570. The summed E-state index contributed by atoms with van der Waals surface area (Å²) in [6, 6.07) is 2.56. The van der Waals surface area contributed by atoms with Gasteiger partial charge in [-0.3, -0.25) is 9.59 Å². The van der Waals surface area contributed by atoms with E-state index in [0.29, 0.717) is 12.8 Å². The van der Waals surface area contributed by atoms with Crippen molar-refractivity contribution < 1.29 is 35.2 Å². The molecule has 3 unspecified atom stereocenters. The largest absolute Gasteiger partial charge is 0.334 e. The number of likely N-dealkylation sites (tertiary alicyclic amines) is 1. The molecule has 0 spiro atoms. The minimum Gasteiger partial charge on any atom is -0.334 e. The van der Waals surface area contributed by atoms with Crippen molar-refractivity contribution in [3.63, 3.8) is 0 Å². The molecule has 3 heterocycles. The predicted octanol–water partition coefficient (Wildman–Crippen LogP) is 2.37. The second kappa shape index (κ2) is 9.77. The summed E-state index contributed by atoms with van der Waals surface area (Å²) in [4.78, 5) is 28.5. The zero-order valence-electron chi connectivity index (χ0n) is 20.1. The molecule has 204 valence electrons. The summed E-state index contributed by atoms with van der Waals surface area (Å²) in [5.74, 6) is -5.21. The van der Waals surface area contributed by atoms with Gasteiger partial charge in [0.2, 0.25) is 15.9 Å². The predicted molar refractivity (Wildman–Crippen MR) is 135 cm³/mol. The van der Waals surface area contributed by atoms with Crippen LogP contribution in [0.15, 0.2) is 32.9 Å². The average molecular weight is 587 g/mol. The van der Waals surface area contributed by atoms with Crippen LogP contribution in [-0.4, -0.2) is 51.6 Å². The van der Waals surface area contributed by atoms with Crippen LogP contribution in [-0.2, 0) is 42.7 Å². The molecule has 0 radical (unpaired) electrons. The molecule has 1 aromatic heterocycles. The summed E-state index contributed by atoms with van der Waals surface area (Å²) in [6.45, 7) is -0.486. The van der Waals surface area contributed by atoms with Crippen LogP contribution in [0.4, 0.5) is 13.8 Å². The molecule has 10 nitrogen and oxygen atoms in total. The summed E-state index contributed by atoms with van der Waals surface area (Å²) in [5.41, 5.74) is 0.250. The number of sulfonamides is 2.